The van der Waals surface area contributed by atoms with Crippen LogP contribution >= 0.6 is 11.9 Å². The Kier molecular flexibility index (Phi) is 6.26. The van der Waals surface area contributed by atoms with Crippen LogP contribution in [0.15, 0.2) is 29.1 Å². The molecule has 1 atom stereocenters. The van der Waals surface area contributed by atoms with Crippen LogP contribution in [-0.2, 0) is 16.6 Å². The summed E-state index contributed by atoms with van der Waals surface area (Å²) >= 11 is 1.61. The Hall–Kier alpha value is -2.98. The number of rotatable bonds is 7. The Balaban J connectivity index is 1.54. The first-order valence-electron chi connectivity index (χ1n) is 11.6. The molecule has 2 aromatic heterocycles. The van der Waals surface area contributed by atoms with Crippen molar-refractivity contribution in [2.75, 3.05) is 41.5 Å². The molecule has 9 nitrogen and oxygen atoms in total. The van der Waals surface area contributed by atoms with Crippen LogP contribution < -0.4 is 20.5 Å². The molecular formula is C24H30N6O3S. The summed E-state index contributed by atoms with van der Waals surface area (Å²) in [4.78, 5) is 29.7. The number of fused-ring (bicyclic) bond motifs is 1. The molecule has 2 aliphatic rings. The molecular weight excluding hydrogens is 452 g/mol. The molecule has 1 amide bonds. The predicted octanol–water partition coefficient (Wildman–Crippen LogP) is 3.96. The van der Waals surface area contributed by atoms with Crippen LogP contribution in [0.2, 0.25) is 0 Å². The number of anilines is 4. The Morgan fingerprint density at radius 3 is 2.79 bits per heavy atom. The fourth-order valence-corrected chi connectivity index (χ4v) is 4.72. The lowest BCUT2D eigenvalue weighted by molar-refractivity contribution is -0.117. The molecule has 34 heavy (non-hydrogen) atoms. The summed E-state index contributed by atoms with van der Waals surface area (Å²) in [6.45, 7) is 1.57. The zero-order valence-electron chi connectivity index (χ0n) is 19.7. The molecule has 0 radical (unpaired) electrons. The van der Waals surface area contributed by atoms with Gasteiger partial charge in [-0.05, 0) is 43.4 Å². The molecule has 3 heterocycles. The van der Waals surface area contributed by atoms with Crippen molar-refractivity contribution in [2.24, 2.45) is 13.0 Å². The van der Waals surface area contributed by atoms with Crippen molar-refractivity contribution in [3.8, 4) is 0 Å². The number of hydrogen-bond donors (Lipinski definition) is 3. The third-order valence-electron chi connectivity index (χ3n) is 6.55. The van der Waals surface area contributed by atoms with E-state index in [0.717, 1.165) is 50.3 Å². The fourth-order valence-electron chi connectivity index (χ4n) is 4.37. The normalized spacial score (nSPS) is 18.1. The maximum Gasteiger partial charge on any atom is 0.277 e. The van der Waals surface area contributed by atoms with Gasteiger partial charge in [-0.2, -0.15) is 0 Å². The summed E-state index contributed by atoms with van der Waals surface area (Å²) < 4.78 is 9.20. The SMILES string of the molecule is CSN(C)c1cc(C2CCCOC2)ccc1Nc1cc(NC(=O)C2CC2)nc2[nH]n(C)c(=O)c12. The average Bonchev–Trinajstić information content (AvgIpc) is 3.65. The molecule has 0 spiro atoms. The zero-order chi connectivity index (χ0) is 23.8. The number of aryl methyl sites for hydroxylation is 1. The van der Waals surface area contributed by atoms with Gasteiger partial charge in [-0.3, -0.25) is 19.4 Å². The van der Waals surface area contributed by atoms with Crippen LogP contribution in [-0.4, -0.2) is 47.2 Å². The van der Waals surface area contributed by atoms with Crippen molar-refractivity contribution in [3.05, 3.63) is 40.2 Å². The first kappa shape index (κ1) is 22.8. The molecule has 1 aromatic carbocycles. The molecule has 2 fully saturated rings. The van der Waals surface area contributed by atoms with Gasteiger partial charge in [0.05, 0.1) is 23.7 Å². The highest BCUT2D eigenvalue weighted by Gasteiger charge is 2.30. The standard InChI is InChI=1S/C24H30N6O3S/c1-29-24(32)21-18(12-20(26-22(21)28-29)27-23(31)14-6-7-14)25-17-9-8-15(11-19(17)30(2)34-3)16-5-4-10-33-13-16/h8-9,11-12,14,16H,4-7,10,13H2,1-3H3,(H3,25,26,27,28,31). The lowest BCUT2D eigenvalue weighted by atomic mass is 9.93. The zero-order valence-corrected chi connectivity index (χ0v) is 20.5. The van der Waals surface area contributed by atoms with Crippen LogP contribution in [0.5, 0.6) is 0 Å². The van der Waals surface area contributed by atoms with Gasteiger partial charge in [0, 0.05) is 44.9 Å². The van der Waals surface area contributed by atoms with Gasteiger partial charge < -0.3 is 19.7 Å². The van der Waals surface area contributed by atoms with Gasteiger partial charge in [-0.15, -0.1) is 0 Å². The quantitative estimate of drug-likeness (QED) is 0.438. The van der Waals surface area contributed by atoms with E-state index in [1.165, 1.54) is 10.2 Å². The highest BCUT2D eigenvalue weighted by atomic mass is 32.2. The second kappa shape index (κ2) is 9.34. The Bertz CT molecular complexity index is 1280. The van der Waals surface area contributed by atoms with Crippen LogP contribution in [0, 0.1) is 5.92 Å². The number of ether oxygens (including phenoxy) is 1. The summed E-state index contributed by atoms with van der Waals surface area (Å²) in [5, 5.41) is 9.80. The van der Waals surface area contributed by atoms with E-state index in [1.54, 1.807) is 25.1 Å². The van der Waals surface area contributed by atoms with Gasteiger partial charge in [-0.25, -0.2) is 4.98 Å². The first-order valence-corrected chi connectivity index (χ1v) is 12.8. The molecule has 1 aliphatic carbocycles. The Morgan fingerprint density at radius 1 is 1.26 bits per heavy atom. The molecule has 180 valence electrons. The lowest BCUT2D eigenvalue weighted by Gasteiger charge is -2.26. The number of pyridine rings is 1. The van der Waals surface area contributed by atoms with Crippen LogP contribution in [0.25, 0.3) is 11.0 Å². The summed E-state index contributed by atoms with van der Waals surface area (Å²) in [7, 11) is 3.68. The number of aromatic amines is 1. The molecule has 0 bridgehead atoms. The second-order valence-corrected chi connectivity index (χ2v) is 9.93. The maximum atomic E-state index is 12.9. The topological polar surface area (TPSA) is 104 Å². The van der Waals surface area contributed by atoms with E-state index in [-0.39, 0.29) is 17.4 Å². The summed E-state index contributed by atoms with van der Waals surface area (Å²) in [6.07, 6.45) is 6.02. The molecule has 1 aliphatic heterocycles. The lowest BCUT2D eigenvalue weighted by Crippen LogP contribution is -2.17. The molecule has 1 saturated heterocycles. The highest BCUT2D eigenvalue weighted by molar-refractivity contribution is 7.99. The molecule has 5 rings (SSSR count). The number of amides is 1. The number of nitrogens with zero attached hydrogens (tertiary/aromatic N) is 3. The molecule has 3 aromatic rings. The van der Waals surface area contributed by atoms with Gasteiger partial charge in [0.15, 0.2) is 5.65 Å². The number of carbonyl (C=O) groups is 1. The number of nitrogens with one attached hydrogen (secondary N) is 3. The van der Waals surface area contributed by atoms with Crippen LogP contribution in [0.4, 0.5) is 22.9 Å². The van der Waals surface area contributed by atoms with Crippen molar-refractivity contribution in [1.82, 2.24) is 14.8 Å². The largest absolute Gasteiger partial charge is 0.381 e. The van der Waals surface area contributed by atoms with Gasteiger partial charge in [0.2, 0.25) is 5.91 Å². The molecule has 1 saturated carbocycles. The number of carbonyl (C=O) groups excluding carboxylic acids is 1. The Morgan fingerprint density at radius 2 is 2.09 bits per heavy atom. The van der Waals surface area contributed by atoms with E-state index >= 15 is 0 Å². The smallest absolute Gasteiger partial charge is 0.277 e. The van der Waals surface area contributed by atoms with E-state index in [4.69, 9.17) is 4.74 Å². The minimum absolute atomic E-state index is 0.0297. The average molecular weight is 483 g/mol. The number of benzene rings is 1. The maximum absolute atomic E-state index is 12.9. The van der Waals surface area contributed by atoms with Crippen molar-refractivity contribution in [1.29, 1.82) is 0 Å². The minimum Gasteiger partial charge on any atom is -0.381 e. The molecule has 1 unspecified atom stereocenters. The summed E-state index contributed by atoms with van der Waals surface area (Å²) in [5.74, 6) is 0.829. The van der Waals surface area contributed by atoms with Crippen molar-refractivity contribution >= 4 is 51.8 Å². The molecule has 3 N–H and O–H groups in total. The Labute approximate surface area is 202 Å². The third-order valence-corrected chi connectivity index (χ3v) is 7.29. The van der Waals surface area contributed by atoms with Crippen molar-refractivity contribution < 1.29 is 9.53 Å². The third kappa shape index (κ3) is 4.52. The van der Waals surface area contributed by atoms with Gasteiger partial charge in [0.25, 0.3) is 5.56 Å². The second-order valence-electron chi connectivity index (χ2n) is 9.01. The van der Waals surface area contributed by atoms with E-state index in [9.17, 15) is 9.59 Å². The number of aromatic nitrogens is 3. The molecule has 10 heteroatoms. The van der Waals surface area contributed by atoms with Crippen molar-refractivity contribution in [3.63, 3.8) is 0 Å². The van der Waals surface area contributed by atoms with E-state index in [1.807, 2.05) is 13.3 Å². The summed E-state index contributed by atoms with van der Waals surface area (Å²) in [6, 6.07) is 8.12. The minimum atomic E-state index is -0.180. The summed E-state index contributed by atoms with van der Waals surface area (Å²) in [5.41, 5.74) is 3.97. The van der Waals surface area contributed by atoms with Gasteiger partial charge >= 0.3 is 0 Å². The fraction of sp³-hybridized carbons (Fsp3) is 0.458. The van der Waals surface area contributed by atoms with Crippen molar-refractivity contribution in [2.45, 2.75) is 31.6 Å². The number of H-pyrrole nitrogens is 1. The highest BCUT2D eigenvalue weighted by Crippen LogP contribution is 2.37. The van der Waals surface area contributed by atoms with E-state index in [0.29, 0.717) is 28.5 Å². The van der Waals surface area contributed by atoms with E-state index in [2.05, 4.69) is 43.2 Å². The number of hydrogen-bond acceptors (Lipinski definition) is 7. The van der Waals surface area contributed by atoms with Crippen LogP contribution in [0.3, 0.4) is 0 Å². The van der Waals surface area contributed by atoms with Crippen LogP contribution in [0.1, 0.15) is 37.2 Å². The van der Waals surface area contributed by atoms with Gasteiger partial charge in [0.1, 0.15) is 11.2 Å². The predicted molar refractivity (Wildman–Crippen MR) is 137 cm³/mol. The first-order chi connectivity index (χ1) is 16.4. The van der Waals surface area contributed by atoms with Gasteiger partial charge in [-0.1, -0.05) is 18.0 Å². The monoisotopic (exact) mass is 482 g/mol. The van der Waals surface area contributed by atoms with E-state index < -0.39 is 0 Å².